The predicted octanol–water partition coefficient (Wildman–Crippen LogP) is 2.83. The minimum atomic E-state index is 0.0938. The summed E-state index contributed by atoms with van der Waals surface area (Å²) in [5.41, 5.74) is 0.779. The van der Waals surface area contributed by atoms with E-state index in [2.05, 4.69) is 11.4 Å². The highest BCUT2D eigenvalue weighted by Crippen LogP contribution is 2.28. The number of phenolic OH excluding ortho intramolecular Hbond substituents is 1. The van der Waals surface area contributed by atoms with Crippen molar-refractivity contribution in [3.05, 3.63) is 28.8 Å². The van der Waals surface area contributed by atoms with Crippen molar-refractivity contribution in [2.45, 2.75) is 31.8 Å². The maximum absolute atomic E-state index is 9.76. The van der Waals surface area contributed by atoms with Gasteiger partial charge in [0.15, 0.2) is 0 Å². The quantitative estimate of drug-likeness (QED) is 0.867. The number of nitrogens with one attached hydrogen (secondary N) is 1. The van der Waals surface area contributed by atoms with Crippen molar-refractivity contribution in [3.63, 3.8) is 0 Å². The zero-order chi connectivity index (χ0) is 12.3. The fraction of sp³-hybridized carbons (Fsp3) is 0.462. The molecule has 90 valence electrons. The first-order valence-electron chi connectivity index (χ1n) is 5.81. The number of hydrogen-bond acceptors (Lipinski definition) is 3. The Labute approximate surface area is 106 Å². The Kier molecular flexibility index (Phi) is 3.88. The van der Waals surface area contributed by atoms with Crippen molar-refractivity contribution in [3.8, 4) is 11.8 Å². The van der Waals surface area contributed by atoms with Gasteiger partial charge in [0.05, 0.1) is 17.0 Å². The standard InChI is InChI=1S/C13H15ClN2O/c14-11-5-1-4-10(13(11)17)8-16-12-6-2-3-9(12)7-15/h1,4-5,9,12,16-17H,2-3,6,8H2. The van der Waals surface area contributed by atoms with Crippen molar-refractivity contribution in [2.24, 2.45) is 5.92 Å². The Bertz CT molecular complexity index is 442. The van der Waals surface area contributed by atoms with Gasteiger partial charge in [0, 0.05) is 18.2 Å². The van der Waals surface area contributed by atoms with Crippen molar-refractivity contribution >= 4 is 11.6 Å². The first-order chi connectivity index (χ1) is 8.22. The number of nitrogens with zero attached hydrogens (tertiary/aromatic N) is 1. The van der Waals surface area contributed by atoms with Crippen LogP contribution >= 0.6 is 11.6 Å². The largest absolute Gasteiger partial charge is 0.506 e. The highest BCUT2D eigenvalue weighted by Gasteiger charge is 2.26. The molecule has 0 radical (unpaired) electrons. The van der Waals surface area contributed by atoms with Gasteiger partial charge in [-0.2, -0.15) is 5.26 Å². The van der Waals surface area contributed by atoms with Crippen LogP contribution in [0.1, 0.15) is 24.8 Å². The molecular formula is C13H15ClN2O. The average Bonchev–Trinajstić information content (AvgIpc) is 2.78. The Hall–Kier alpha value is -1.24. The van der Waals surface area contributed by atoms with E-state index in [1.54, 1.807) is 6.07 Å². The number of rotatable bonds is 3. The van der Waals surface area contributed by atoms with Crippen molar-refractivity contribution in [1.82, 2.24) is 5.32 Å². The van der Waals surface area contributed by atoms with E-state index in [0.717, 1.165) is 24.8 Å². The lowest BCUT2D eigenvalue weighted by atomic mass is 10.1. The van der Waals surface area contributed by atoms with Gasteiger partial charge in [-0.05, 0) is 18.9 Å². The van der Waals surface area contributed by atoms with Crippen molar-refractivity contribution in [2.75, 3.05) is 0 Å². The molecule has 1 aliphatic rings. The molecule has 1 aromatic carbocycles. The molecule has 1 saturated carbocycles. The van der Waals surface area contributed by atoms with Crippen LogP contribution in [-0.2, 0) is 6.54 Å². The van der Waals surface area contributed by atoms with Gasteiger partial charge in [-0.25, -0.2) is 0 Å². The van der Waals surface area contributed by atoms with E-state index in [1.807, 2.05) is 12.1 Å². The summed E-state index contributed by atoms with van der Waals surface area (Å²) in [4.78, 5) is 0. The monoisotopic (exact) mass is 250 g/mol. The van der Waals surface area contributed by atoms with Crippen LogP contribution in [0.5, 0.6) is 5.75 Å². The Morgan fingerprint density at radius 2 is 2.29 bits per heavy atom. The van der Waals surface area contributed by atoms with E-state index in [0.29, 0.717) is 11.6 Å². The highest BCUT2D eigenvalue weighted by atomic mass is 35.5. The zero-order valence-corrected chi connectivity index (χ0v) is 10.2. The number of halogens is 1. The molecule has 4 heteroatoms. The summed E-state index contributed by atoms with van der Waals surface area (Å²) in [6, 6.07) is 7.87. The van der Waals surface area contributed by atoms with E-state index < -0.39 is 0 Å². The van der Waals surface area contributed by atoms with Crippen LogP contribution in [0.2, 0.25) is 5.02 Å². The van der Waals surface area contributed by atoms with Gasteiger partial charge < -0.3 is 10.4 Å². The van der Waals surface area contributed by atoms with Gasteiger partial charge >= 0.3 is 0 Å². The van der Waals surface area contributed by atoms with Crippen LogP contribution in [0.4, 0.5) is 0 Å². The fourth-order valence-corrected chi connectivity index (χ4v) is 2.50. The summed E-state index contributed by atoms with van der Waals surface area (Å²) in [5, 5.41) is 22.4. The molecule has 2 rings (SSSR count). The molecule has 0 aromatic heterocycles. The topological polar surface area (TPSA) is 56.0 Å². The van der Waals surface area contributed by atoms with Gasteiger partial charge in [-0.15, -0.1) is 0 Å². The molecule has 0 aliphatic heterocycles. The molecule has 2 atom stereocenters. The third-order valence-corrected chi connectivity index (χ3v) is 3.61. The van der Waals surface area contributed by atoms with E-state index >= 15 is 0 Å². The first-order valence-corrected chi connectivity index (χ1v) is 6.19. The van der Waals surface area contributed by atoms with Crippen LogP contribution in [0.15, 0.2) is 18.2 Å². The highest BCUT2D eigenvalue weighted by molar-refractivity contribution is 6.32. The second kappa shape index (κ2) is 5.39. The molecule has 2 unspecified atom stereocenters. The van der Waals surface area contributed by atoms with Gasteiger partial charge in [0.2, 0.25) is 0 Å². The molecule has 1 fully saturated rings. The number of benzene rings is 1. The summed E-state index contributed by atoms with van der Waals surface area (Å²) in [6.07, 6.45) is 3.09. The minimum absolute atomic E-state index is 0.0938. The number of nitriles is 1. The van der Waals surface area contributed by atoms with E-state index in [-0.39, 0.29) is 17.7 Å². The molecule has 0 saturated heterocycles. The lowest BCUT2D eigenvalue weighted by Crippen LogP contribution is -2.31. The van der Waals surface area contributed by atoms with Crippen molar-refractivity contribution < 1.29 is 5.11 Å². The third kappa shape index (κ3) is 2.71. The van der Waals surface area contributed by atoms with Crippen LogP contribution in [0.3, 0.4) is 0 Å². The maximum Gasteiger partial charge on any atom is 0.138 e. The molecule has 2 N–H and O–H groups in total. The Balaban J connectivity index is 1.98. The Morgan fingerprint density at radius 3 is 3.06 bits per heavy atom. The molecule has 0 spiro atoms. The molecule has 0 bridgehead atoms. The molecular weight excluding hydrogens is 236 g/mol. The number of para-hydroxylation sites is 1. The maximum atomic E-state index is 9.76. The summed E-state index contributed by atoms with van der Waals surface area (Å²) in [7, 11) is 0. The lowest BCUT2D eigenvalue weighted by molar-refractivity contribution is 0.440. The molecule has 3 nitrogen and oxygen atoms in total. The Morgan fingerprint density at radius 1 is 1.47 bits per heavy atom. The smallest absolute Gasteiger partial charge is 0.138 e. The zero-order valence-electron chi connectivity index (χ0n) is 9.49. The molecule has 0 heterocycles. The normalized spacial score (nSPS) is 23.5. The number of aromatic hydroxyl groups is 1. The van der Waals surface area contributed by atoms with E-state index in [1.165, 1.54) is 0 Å². The fourth-order valence-electron chi connectivity index (χ4n) is 2.30. The summed E-state index contributed by atoms with van der Waals surface area (Å²) >= 11 is 5.84. The number of phenols is 1. The molecule has 0 amide bonds. The summed E-state index contributed by atoms with van der Waals surface area (Å²) < 4.78 is 0. The van der Waals surface area contributed by atoms with Crippen LogP contribution in [0, 0.1) is 17.2 Å². The second-order valence-electron chi connectivity index (χ2n) is 4.40. The van der Waals surface area contributed by atoms with Crippen molar-refractivity contribution in [1.29, 1.82) is 5.26 Å². The third-order valence-electron chi connectivity index (χ3n) is 3.31. The lowest BCUT2D eigenvalue weighted by Gasteiger charge is -2.16. The van der Waals surface area contributed by atoms with E-state index in [9.17, 15) is 5.11 Å². The average molecular weight is 251 g/mol. The van der Waals surface area contributed by atoms with Gasteiger partial charge in [0.1, 0.15) is 5.75 Å². The van der Waals surface area contributed by atoms with E-state index in [4.69, 9.17) is 16.9 Å². The number of hydrogen-bond donors (Lipinski definition) is 2. The van der Waals surface area contributed by atoms with Gasteiger partial charge in [-0.1, -0.05) is 30.2 Å². The SMILES string of the molecule is N#CC1CCCC1NCc1cccc(Cl)c1O. The molecule has 1 aromatic rings. The predicted molar refractivity (Wildman–Crippen MR) is 66.7 cm³/mol. The van der Waals surface area contributed by atoms with Gasteiger partial charge in [0.25, 0.3) is 0 Å². The summed E-state index contributed by atoms with van der Waals surface area (Å²) in [5.74, 6) is 0.226. The molecule has 17 heavy (non-hydrogen) atoms. The second-order valence-corrected chi connectivity index (χ2v) is 4.81. The van der Waals surface area contributed by atoms with Crippen LogP contribution in [-0.4, -0.2) is 11.1 Å². The minimum Gasteiger partial charge on any atom is -0.506 e. The summed E-state index contributed by atoms with van der Waals surface area (Å²) in [6.45, 7) is 0.551. The van der Waals surface area contributed by atoms with Crippen LogP contribution in [0.25, 0.3) is 0 Å². The molecule has 1 aliphatic carbocycles. The first kappa shape index (κ1) is 12.2. The van der Waals surface area contributed by atoms with Gasteiger partial charge in [-0.3, -0.25) is 0 Å². The van der Waals surface area contributed by atoms with Crippen LogP contribution < -0.4 is 5.32 Å².